The molecular formula is C59H36N4S2. The van der Waals surface area contributed by atoms with Gasteiger partial charge in [0.1, 0.15) is 12.0 Å². The van der Waals surface area contributed by atoms with Gasteiger partial charge in [-0.25, -0.2) is 9.98 Å². The number of hydrogen-bond donors (Lipinski definition) is 1. The maximum Gasteiger partial charge on any atom is 0.160 e. The molecule has 0 bridgehead atoms. The van der Waals surface area contributed by atoms with Gasteiger partial charge in [0.05, 0.1) is 11.0 Å². The lowest BCUT2D eigenvalue weighted by atomic mass is 9.91. The van der Waals surface area contributed by atoms with Gasteiger partial charge in [-0.1, -0.05) is 146 Å². The van der Waals surface area contributed by atoms with Gasteiger partial charge in [-0.05, 0) is 98.9 Å². The third-order valence-corrected chi connectivity index (χ3v) is 15.6. The summed E-state index contributed by atoms with van der Waals surface area (Å²) in [5.41, 5.74) is 8.81. The Balaban J connectivity index is 1.08. The van der Waals surface area contributed by atoms with Crippen LogP contribution >= 0.6 is 22.7 Å². The molecule has 14 rings (SSSR count). The largest absolute Gasteiger partial charge is 0.344 e. The highest BCUT2D eigenvalue weighted by Crippen LogP contribution is 2.46. The Morgan fingerprint density at radius 2 is 1.08 bits per heavy atom. The lowest BCUT2D eigenvalue weighted by molar-refractivity contribution is 0.674. The van der Waals surface area contributed by atoms with Gasteiger partial charge in [0.15, 0.2) is 5.84 Å². The Bertz CT molecular complexity index is 4170. The maximum absolute atomic E-state index is 5.58. The fourth-order valence-electron chi connectivity index (χ4n) is 10.2. The molecule has 10 aromatic carbocycles. The molecule has 0 saturated carbocycles. The summed E-state index contributed by atoms with van der Waals surface area (Å²) in [5.74, 6) is 1.51. The summed E-state index contributed by atoms with van der Waals surface area (Å²) >= 11 is 3.70. The van der Waals surface area contributed by atoms with Crippen LogP contribution in [0.5, 0.6) is 0 Å². The first-order valence-electron chi connectivity index (χ1n) is 22.0. The lowest BCUT2D eigenvalue weighted by Crippen LogP contribution is -2.33. The number of thiophene rings is 2. The Morgan fingerprint density at radius 1 is 0.415 bits per heavy atom. The zero-order chi connectivity index (χ0) is 42.6. The van der Waals surface area contributed by atoms with Gasteiger partial charge in [0.2, 0.25) is 0 Å². The SMILES string of the molecule is c1ccc(C2N=C(c3ccc(-n4c5ccccc5c5cc6ccccc6cc54)cc3-c3cc4ccccc4c4sc5ccccc5c34)N=C(c3cccc4c3sc3ccccc34)N2)cc1. The topological polar surface area (TPSA) is 41.7 Å². The molecular weight excluding hydrogens is 829 g/mol. The van der Waals surface area contributed by atoms with E-state index in [-0.39, 0.29) is 6.17 Å². The van der Waals surface area contributed by atoms with Crippen molar-refractivity contribution in [2.75, 3.05) is 0 Å². The van der Waals surface area contributed by atoms with E-state index in [1.807, 2.05) is 22.7 Å². The number of hydrogen-bond acceptors (Lipinski definition) is 5. The first kappa shape index (κ1) is 36.6. The number of nitrogens with zero attached hydrogens (tertiary/aromatic N) is 3. The smallest absolute Gasteiger partial charge is 0.160 e. The highest BCUT2D eigenvalue weighted by Gasteiger charge is 2.27. The number of fused-ring (bicyclic) bond motifs is 12. The van der Waals surface area contributed by atoms with Crippen molar-refractivity contribution >= 4 is 118 Å². The molecule has 1 N–H and O–H groups in total. The molecule has 6 heteroatoms. The summed E-state index contributed by atoms with van der Waals surface area (Å²) in [6.45, 7) is 0. The molecule has 0 aliphatic carbocycles. The summed E-state index contributed by atoms with van der Waals surface area (Å²) in [4.78, 5) is 11.1. The zero-order valence-electron chi connectivity index (χ0n) is 34.9. The molecule has 1 atom stereocenters. The minimum atomic E-state index is -0.361. The molecule has 1 aliphatic heterocycles. The van der Waals surface area contributed by atoms with Crippen LogP contribution < -0.4 is 5.32 Å². The molecule has 304 valence electrons. The Labute approximate surface area is 381 Å². The number of aliphatic imine (C=N–C) groups is 2. The van der Waals surface area contributed by atoms with Gasteiger partial charge < -0.3 is 9.88 Å². The van der Waals surface area contributed by atoms with Crippen molar-refractivity contribution < 1.29 is 0 Å². The molecule has 1 aliphatic rings. The second-order valence-corrected chi connectivity index (χ2v) is 19.0. The second-order valence-electron chi connectivity index (χ2n) is 16.9. The summed E-state index contributed by atoms with van der Waals surface area (Å²) < 4.78 is 7.48. The Kier molecular flexibility index (Phi) is 8.05. The summed E-state index contributed by atoms with van der Waals surface area (Å²) in [6.07, 6.45) is -0.361. The van der Waals surface area contributed by atoms with E-state index in [2.05, 4.69) is 216 Å². The van der Waals surface area contributed by atoms with Gasteiger partial charge in [0.25, 0.3) is 0 Å². The van der Waals surface area contributed by atoms with E-state index in [9.17, 15) is 0 Å². The van der Waals surface area contributed by atoms with Crippen molar-refractivity contribution in [3.63, 3.8) is 0 Å². The zero-order valence-corrected chi connectivity index (χ0v) is 36.5. The van der Waals surface area contributed by atoms with Gasteiger partial charge >= 0.3 is 0 Å². The number of aromatic nitrogens is 1. The molecule has 0 spiro atoms. The lowest BCUT2D eigenvalue weighted by Gasteiger charge is -2.25. The number of rotatable bonds is 5. The van der Waals surface area contributed by atoms with Crippen molar-refractivity contribution in [1.82, 2.24) is 9.88 Å². The molecule has 0 amide bonds. The third kappa shape index (κ3) is 5.67. The predicted molar refractivity (Wildman–Crippen MR) is 279 cm³/mol. The Morgan fingerprint density at radius 3 is 1.92 bits per heavy atom. The van der Waals surface area contributed by atoms with Crippen LogP contribution in [-0.4, -0.2) is 16.2 Å². The maximum atomic E-state index is 5.58. The quantitative estimate of drug-likeness (QED) is 0.184. The van der Waals surface area contributed by atoms with Crippen LogP contribution in [0.15, 0.2) is 216 Å². The van der Waals surface area contributed by atoms with E-state index in [4.69, 9.17) is 9.98 Å². The van der Waals surface area contributed by atoms with Crippen LogP contribution in [0.4, 0.5) is 0 Å². The van der Waals surface area contributed by atoms with Crippen LogP contribution in [0, 0.1) is 0 Å². The van der Waals surface area contributed by atoms with E-state index >= 15 is 0 Å². The van der Waals surface area contributed by atoms with Crippen molar-refractivity contribution in [3.8, 4) is 16.8 Å². The second kappa shape index (κ2) is 14.3. The van der Waals surface area contributed by atoms with Crippen molar-refractivity contribution in [2.45, 2.75) is 6.17 Å². The summed E-state index contributed by atoms with van der Waals surface area (Å²) in [6, 6.07) is 75.0. The van der Waals surface area contributed by atoms with Crippen molar-refractivity contribution in [3.05, 3.63) is 223 Å². The van der Waals surface area contributed by atoms with Crippen molar-refractivity contribution in [1.29, 1.82) is 0 Å². The molecule has 13 aromatic rings. The average molecular weight is 865 g/mol. The molecule has 0 saturated heterocycles. The molecule has 1 unspecified atom stereocenters. The van der Waals surface area contributed by atoms with Gasteiger partial charge in [-0.3, -0.25) is 0 Å². The van der Waals surface area contributed by atoms with Gasteiger partial charge in [-0.2, -0.15) is 0 Å². The fraction of sp³-hybridized carbons (Fsp3) is 0.0169. The first-order chi connectivity index (χ1) is 32.2. The van der Waals surface area contributed by atoms with Crippen LogP contribution in [-0.2, 0) is 0 Å². The number of nitrogens with one attached hydrogen (secondary N) is 1. The monoisotopic (exact) mass is 864 g/mol. The minimum absolute atomic E-state index is 0.361. The van der Waals surface area contributed by atoms with Gasteiger partial charge in [-0.15, -0.1) is 22.7 Å². The predicted octanol–water partition coefficient (Wildman–Crippen LogP) is 16.0. The fourth-order valence-corrected chi connectivity index (χ4v) is 12.7. The molecule has 0 fully saturated rings. The van der Waals surface area contributed by atoms with E-state index in [1.165, 1.54) is 89.3 Å². The highest BCUT2D eigenvalue weighted by molar-refractivity contribution is 7.27. The number of benzene rings is 10. The standard InChI is InChI=1S/C59H36N4S2/c1-2-15-35(16-3-1)57-60-58(62-59(61-57)46-25-14-24-43-42-22-9-12-27-52(42)64-55(43)46)44-30-29-39(63-50-26-11-8-21-41(50)48-31-36-17-4-5-18-37(36)33-51(48)63)34-47(44)49-32-38-19-6-7-20-40(38)56-54(49)45-23-10-13-28-53(45)65-56/h1-34,57H,(H,60,61,62). The normalized spacial score (nSPS) is 14.3. The number of amidine groups is 2. The van der Waals surface area contributed by atoms with Crippen molar-refractivity contribution in [2.24, 2.45) is 9.98 Å². The van der Waals surface area contributed by atoms with Crippen LogP contribution in [0.1, 0.15) is 22.9 Å². The molecule has 65 heavy (non-hydrogen) atoms. The molecule has 4 heterocycles. The Hall–Kier alpha value is -7.90. The summed E-state index contributed by atoms with van der Waals surface area (Å²) in [5, 5.41) is 16.2. The molecule has 0 radical (unpaired) electrons. The van der Waals surface area contributed by atoms with Crippen LogP contribution in [0.25, 0.3) is 101 Å². The van der Waals surface area contributed by atoms with Gasteiger partial charge in [0, 0.05) is 67.9 Å². The first-order valence-corrected chi connectivity index (χ1v) is 23.6. The van der Waals surface area contributed by atoms with E-state index in [1.54, 1.807) is 0 Å². The summed E-state index contributed by atoms with van der Waals surface area (Å²) in [7, 11) is 0. The van der Waals surface area contributed by atoms with E-state index in [0.29, 0.717) is 5.84 Å². The highest BCUT2D eigenvalue weighted by atomic mass is 32.1. The van der Waals surface area contributed by atoms with Crippen LogP contribution in [0.3, 0.4) is 0 Å². The van der Waals surface area contributed by atoms with E-state index in [0.717, 1.165) is 33.8 Å². The third-order valence-electron chi connectivity index (χ3n) is 13.2. The van der Waals surface area contributed by atoms with E-state index < -0.39 is 0 Å². The average Bonchev–Trinajstić information content (AvgIpc) is 4.05. The number of para-hydroxylation sites is 1. The van der Waals surface area contributed by atoms with Crippen LogP contribution in [0.2, 0.25) is 0 Å². The molecule has 4 nitrogen and oxygen atoms in total. The molecule has 3 aromatic heterocycles. The minimum Gasteiger partial charge on any atom is -0.344 e.